The summed E-state index contributed by atoms with van der Waals surface area (Å²) in [5.41, 5.74) is 4.66. The molecule has 0 radical (unpaired) electrons. The summed E-state index contributed by atoms with van der Waals surface area (Å²) >= 11 is 0. The van der Waals surface area contributed by atoms with Crippen molar-refractivity contribution in [3.8, 4) is 11.3 Å². The van der Waals surface area contributed by atoms with Gasteiger partial charge in [-0.25, -0.2) is 4.98 Å². The molecule has 1 aliphatic rings. The largest absolute Gasteiger partial charge is 0.352 e. The molecule has 7 nitrogen and oxygen atoms in total. The first-order valence-corrected chi connectivity index (χ1v) is 10.3. The Bertz CT molecular complexity index is 1190. The highest BCUT2D eigenvalue weighted by molar-refractivity contribution is 6.09. The van der Waals surface area contributed by atoms with Gasteiger partial charge >= 0.3 is 0 Å². The minimum absolute atomic E-state index is 0.115. The van der Waals surface area contributed by atoms with Crippen LogP contribution in [-0.2, 0) is 13.5 Å². The number of carbonyl (C=O) groups excluding carboxylic acids is 1. The number of aryl methyl sites for hydroxylation is 2. The van der Waals surface area contributed by atoms with E-state index in [0.717, 1.165) is 36.9 Å². The maximum absolute atomic E-state index is 13.1. The summed E-state index contributed by atoms with van der Waals surface area (Å²) in [6.07, 6.45) is 7.78. The Morgan fingerprint density at radius 1 is 1.27 bits per heavy atom. The lowest BCUT2D eigenvalue weighted by molar-refractivity contribution is 0.0954. The third-order valence-corrected chi connectivity index (χ3v) is 5.44. The monoisotopic (exact) mass is 401 g/mol. The molecule has 3 aromatic heterocycles. The zero-order valence-electron chi connectivity index (χ0n) is 16.8. The molecule has 1 fully saturated rings. The average Bonchev–Trinajstić information content (AvgIpc) is 3.40. The first-order chi connectivity index (χ1) is 14.7. The number of nitrogens with one attached hydrogen (secondary N) is 1. The maximum Gasteiger partial charge on any atom is 0.259 e. The topological polar surface area (TPSA) is 85.8 Å². The van der Waals surface area contributed by atoms with Crippen LogP contribution in [0.5, 0.6) is 0 Å². The van der Waals surface area contributed by atoms with Crippen molar-refractivity contribution in [2.24, 2.45) is 7.05 Å². The second kappa shape index (κ2) is 7.74. The summed E-state index contributed by atoms with van der Waals surface area (Å²) in [4.78, 5) is 17.8. The van der Waals surface area contributed by atoms with Crippen molar-refractivity contribution in [2.45, 2.75) is 31.6 Å². The van der Waals surface area contributed by atoms with Crippen molar-refractivity contribution in [1.29, 1.82) is 0 Å². The fraction of sp³-hybridized carbons (Fsp3) is 0.304. The molecule has 0 unspecified atom stereocenters. The van der Waals surface area contributed by atoms with Crippen LogP contribution in [0.2, 0.25) is 0 Å². The fourth-order valence-electron chi connectivity index (χ4n) is 3.72. The number of fused-ring (bicyclic) bond motifs is 1. The number of aromatic nitrogens is 4. The second-order valence-corrected chi connectivity index (χ2v) is 7.83. The van der Waals surface area contributed by atoms with Gasteiger partial charge in [0, 0.05) is 37.0 Å². The Hall–Kier alpha value is -3.48. The number of pyridine rings is 1. The minimum atomic E-state index is -0.115. The zero-order chi connectivity index (χ0) is 20.5. The van der Waals surface area contributed by atoms with Crippen LogP contribution in [-0.4, -0.2) is 32.4 Å². The van der Waals surface area contributed by atoms with E-state index >= 15 is 0 Å². The van der Waals surface area contributed by atoms with Gasteiger partial charge in [0.2, 0.25) is 0 Å². The number of rotatable bonds is 7. The molecule has 1 saturated carbocycles. The molecule has 4 aromatic rings. The van der Waals surface area contributed by atoms with E-state index < -0.39 is 0 Å². The summed E-state index contributed by atoms with van der Waals surface area (Å²) in [6.45, 7) is 0.586. The predicted molar refractivity (Wildman–Crippen MR) is 113 cm³/mol. The van der Waals surface area contributed by atoms with E-state index in [1.165, 1.54) is 5.56 Å². The Balaban J connectivity index is 1.41. The zero-order valence-corrected chi connectivity index (χ0v) is 16.8. The molecular weight excluding hydrogens is 378 g/mol. The predicted octanol–water partition coefficient (Wildman–Crippen LogP) is 3.86. The molecule has 1 aliphatic carbocycles. The molecule has 1 amide bonds. The molecule has 3 heterocycles. The second-order valence-electron chi connectivity index (χ2n) is 7.83. The van der Waals surface area contributed by atoms with Crippen molar-refractivity contribution in [2.75, 3.05) is 6.54 Å². The van der Waals surface area contributed by atoms with Gasteiger partial charge in [-0.05, 0) is 37.3 Å². The van der Waals surface area contributed by atoms with Gasteiger partial charge in [-0.3, -0.25) is 9.48 Å². The van der Waals surface area contributed by atoms with Crippen LogP contribution in [0.15, 0.2) is 53.3 Å². The van der Waals surface area contributed by atoms with Gasteiger partial charge in [-0.1, -0.05) is 35.5 Å². The molecule has 1 aromatic carbocycles. The molecule has 0 aliphatic heterocycles. The lowest BCUT2D eigenvalue weighted by atomic mass is 10.0. The first kappa shape index (κ1) is 18.5. The van der Waals surface area contributed by atoms with Gasteiger partial charge in [0.25, 0.3) is 11.6 Å². The number of amides is 1. The number of hydrogen-bond acceptors (Lipinski definition) is 5. The Kier molecular flexibility index (Phi) is 4.78. The smallest absolute Gasteiger partial charge is 0.259 e. The van der Waals surface area contributed by atoms with Gasteiger partial charge in [0.1, 0.15) is 5.69 Å². The Morgan fingerprint density at radius 2 is 2.10 bits per heavy atom. The molecule has 7 heteroatoms. The van der Waals surface area contributed by atoms with Crippen molar-refractivity contribution >= 4 is 17.0 Å². The third kappa shape index (κ3) is 3.70. The van der Waals surface area contributed by atoms with Crippen LogP contribution in [0.25, 0.3) is 22.4 Å². The molecule has 0 atom stereocenters. The van der Waals surface area contributed by atoms with E-state index in [2.05, 4.69) is 20.6 Å². The standard InChI is InChI=1S/C23H23N5O2/c1-28-14-15(13-25-28)6-5-11-24-22(29)18-12-19(16-9-10-16)26-23-20(18)21(27-30-23)17-7-3-2-4-8-17/h2-4,7-8,12-14,16H,5-6,9-11H2,1H3,(H,24,29). The van der Waals surface area contributed by atoms with Crippen LogP contribution in [0, 0.1) is 0 Å². The van der Waals surface area contributed by atoms with Crippen molar-refractivity contribution in [3.05, 3.63) is 65.6 Å². The number of nitrogens with zero attached hydrogens (tertiary/aromatic N) is 4. The number of carbonyl (C=O) groups is 1. The van der Waals surface area contributed by atoms with E-state index in [-0.39, 0.29) is 5.91 Å². The number of hydrogen-bond donors (Lipinski definition) is 1. The quantitative estimate of drug-likeness (QED) is 0.475. The summed E-state index contributed by atoms with van der Waals surface area (Å²) in [6, 6.07) is 11.7. The lowest BCUT2D eigenvalue weighted by Gasteiger charge is -2.08. The van der Waals surface area contributed by atoms with Gasteiger partial charge in [0.05, 0.1) is 17.1 Å². The van der Waals surface area contributed by atoms with Crippen LogP contribution < -0.4 is 5.32 Å². The molecule has 0 saturated heterocycles. The van der Waals surface area contributed by atoms with Gasteiger partial charge in [-0.2, -0.15) is 5.10 Å². The molecule has 5 rings (SSSR count). The van der Waals surface area contributed by atoms with Crippen molar-refractivity contribution in [3.63, 3.8) is 0 Å². The highest BCUT2D eigenvalue weighted by Crippen LogP contribution is 2.41. The molecule has 0 bridgehead atoms. The maximum atomic E-state index is 13.1. The molecular formula is C23H23N5O2. The van der Waals surface area contributed by atoms with Crippen LogP contribution in [0.1, 0.15) is 46.8 Å². The van der Waals surface area contributed by atoms with E-state index in [4.69, 9.17) is 4.52 Å². The van der Waals surface area contributed by atoms with E-state index in [1.54, 1.807) is 4.68 Å². The summed E-state index contributed by atoms with van der Waals surface area (Å²) < 4.78 is 7.34. The van der Waals surface area contributed by atoms with Gasteiger partial charge < -0.3 is 9.84 Å². The fourth-order valence-corrected chi connectivity index (χ4v) is 3.72. The normalized spacial score (nSPS) is 13.6. The third-order valence-electron chi connectivity index (χ3n) is 5.44. The molecule has 152 valence electrons. The Morgan fingerprint density at radius 3 is 2.83 bits per heavy atom. The van der Waals surface area contributed by atoms with Crippen LogP contribution in [0.4, 0.5) is 0 Å². The van der Waals surface area contributed by atoms with Crippen LogP contribution >= 0.6 is 0 Å². The van der Waals surface area contributed by atoms with Crippen LogP contribution in [0.3, 0.4) is 0 Å². The summed E-state index contributed by atoms with van der Waals surface area (Å²) in [7, 11) is 1.90. The summed E-state index contributed by atoms with van der Waals surface area (Å²) in [5.74, 6) is 0.299. The molecule has 1 N–H and O–H groups in total. The van der Waals surface area contributed by atoms with Crippen molar-refractivity contribution < 1.29 is 9.32 Å². The number of benzene rings is 1. The van der Waals surface area contributed by atoms with Crippen molar-refractivity contribution in [1.82, 2.24) is 25.2 Å². The Labute approximate surface area is 174 Å². The first-order valence-electron chi connectivity index (χ1n) is 10.3. The highest BCUT2D eigenvalue weighted by Gasteiger charge is 2.29. The summed E-state index contributed by atoms with van der Waals surface area (Å²) in [5, 5.41) is 12.2. The molecule has 30 heavy (non-hydrogen) atoms. The van der Waals surface area contributed by atoms with E-state index in [1.807, 2.05) is 55.8 Å². The average molecular weight is 401 g/mol. The van der Waals surface area contributed by atoms with E-state index in [0.29, 0.717) is 34.8 Å². The minimum Gasteiger partial charge on any atom is -0.352 e. The SMILES string of the molecule is Cn1cc(CCCNC(=O)c2cc(C3CC3)nc3onc(-c4ccccc4)c23)cn1. The highest BCUT2D eigenvalue weighted by atomic mass is 16.5. The van der Waals surface area contributed by atoms with Gasteiger partial charge in [0.15, 0.2) is 0 Å². The lowest BCUT2D eigenvalue weighted by Crippen LogP contribution is -2.25. The van der Waals surface area contributed by atoms with E-state index in [9.17, 15) is 4.79 Å². The molecule has 0 spiro atoms. The van der Waals surface area contributed by atoms with Gasteiger partial charge in [-0.15, -0.1) is 0 Å².